The lowest BCUT2D eigenvalue weighted by Crippen LogP contribution is -2.15. The van der Waals surface area contributed by atoms with Gasteiger partial charge in [-0.15, -0.1) is 0 Å². The average molecular weight is 283 g/mol. The number of carboxylic acid groups (broad SMARTS) is 1. The third-order valence-corrected chi connectivity index (χ3v) is 2.82. The molecule has 0 saturated heterocycles. The van der Waals surface area contributed by atoms with Crippen molar-refractivity contribution >= 4 is 18.1 Å². The van der Waals surface area contributed by atoms with Gasteiger partial charge in [0.05, 0.1) is 11.3 Å². The summed E-state index contributed by atoms with van der Waals surface area (Å²) in [5.41, 5.74) is 1.55. The van der Waals surface area contributed by atoms with E-state index in [2.05, 4.69) is 35.7 Å². The number of pyridine rings is 1. The van der Waals surface area contributed by atoms with Crippen LogP contribution in [-0.4, -0.2) is 26.0 Å². The minimum absolute atomic E-state index is 0.0837. The maximum absolute atomic E-state index is 10.9. The number of aromatic carboxylic acids is 1. The molecule has 0 aliphatic carbocycles. The molecule has 2 heterocycles. The van der Waals surface area contributed by atoms with Gasteiger partial charge in [0.15, 0.2) is 0 Å². The van der Waals surface area contributed by atoms with Crippen LogP contribution in [0, 0.1) is 0 Å². The van der Waals surface area contributed by atoms with Gasteiger partial charge in [-0.05, 0) is 24.3 Å². The molecule has 108 valence electrons. The lowest BCUT2D eigenvalue weighted by molar-refractivity contribution is 0.0696. The second-order valence-electron chi connectivity index (χ2n) is 5.70. The van der Waals surface area contributed by atoms with E-state index in [0.717, 1.165) is 11.4 Å². The fourth-order valence-electron chi connectivity index (χ4n) is 1.67. The highest BCUT2D eigenvalue weighted by Gasteiger charge is 2.16. The van der Waals surface area contributed by atoms with E-state index in [1.807, 2.05) is 0 Å². The Balaban J connectivity index is 2.18. The second kappa shape index (κ2) is 5.83. The summed E-state index contributed by atoms with van der Waals surface area (Å²) >= 11 is 0. The summed E-state index contributed by atoms with van der Waals surface area (Å²) < 4.78 is 0. The van der Waals surface area contributed by atoms with Gasteiger partial charge in [-0.25, -0.2) is 14.8 Å². The Morgan fingerprint density at radius 3 is 2.38 bits per heavy atom. The largest absolute Gasteiger partial charge is 0.478 e. The summed E-state index contributed by atoms with van der Waals surface area (Å²) in [5, 5.41) is 8.93. The van der Waals surface area contributed by atoms with E-state index in [9.17, 15) is 4.79 Å². The van der Waals surface area contributed by atoms with Gasteiger partial charge in [0.1, 0.15) is 5.82 Å². The average Bonchev–Trinajstić information content (AvgIpc) is 2.45. The van der Waals surface area contributed by atoms with Gasteiger partial charge >= 0.3 is 5.97 Å². The van der Waals surface area contributed by atoms with Crippen molar-refractivity contribution in [2.45, 2.75) is 26.2 Å². The first-order valence-corrected chi connectivity index (χ1v) is 6.56. The van der Waals surface area contributed by atoms with E-state index in [-0.39, 0.29) is 11.0 Å². The Hall–Kier alpha value is -2.56. The van der Waals surface area contributed by atoms with Crippen molar-refractivity contribution in [1.82, 2.24) is 15.0 Å². The molecule has 5 heteroatoms. The van der Waals surface area contributed by atoms with Gasteiger partial charge in [-0.1, -0.05) is 20.8 Å². The van der Waals surface area contributed by atoms with E-state index in [0.29, 0.717) is 5.69 Å². The lowest BCUT2D eigenvalue weighted by Gasteiger charge is -2.15. The van der Waals surface area contributed by atoms with Crippen molar-refractivity contribution in [3.8, 4) is 0 Å². The fraction of sp³-hybridized carbons (Fsp3) is 0.250. The highest BCUT2D eigenvalue weighted by Crippen LogP contribution is 2.17. The number of nitrogens with zero attached hydrogens (tertiary/aromatic N) is 3. The Labute approximate surface area is 123 Å². The van der Waals surface area contributed by atoms with Crippen molar-refractivity contribution in [1.29, 1.82) is 0 Å². The Kier molecular flexibility index (Phi) is 4.12. The standard InChI is InChI=1S/C16H17N3O2/c1-16(2,3)15-18-9-11(10-19-15)4-5-13-8-12(14(20)21)6-7-17-13/h4-10H,1-3H3,(H,20,21). The molecule has 2 rings (SSSR count). The summed E-state index contributed by atoms with van der Waals surface area (Å²) in [6.07, 6.45) is 8.50. The predicted octanol–water partition coefficient (Wildman–Crippen LogP) is 3.04. The smallest absolute Gasteiger partial charge is 0.335 e. The van der Waals surface area contributed by atoms with Crippen LogP contribution >= 0.6 is 0 Å². The second-order valence-corrected chi connectivity index (χ2v) is 5.70. The maximum Gasteiger partial charge on any atom is 0.335 e. The normalized spacial score (nSPS) is 11.8. The molecule has 2 aromatic rings. The zero-order valence-corrected chi connectivity index (χ0v) is 12.2. The molecule has 1 N–H and O–H groups in total. The third-order valence-electron chi connectivity index (χ3n) is 2.82. The summed E-state index contributed by atoms with van der Waals surface area (Å²) in [4.78, 5) is 23.7. The van der Waals surface area contributed by atoms with Gasteiger partial charge in [0.2, 0.25) is 0 Å². The SMILES string of the molecule is CC(C)(C)c1ncc(C=Cc2cc(C(=O)O)ccn2)cn1. The molecule has 0 bridgehead atoms. The molecule has 0 aliphatic rings. The zero-order chi connectivity index (χ0) is 15.5. The van der Waals surface area contributed by atoms with Crippen molar-refractivity contribution in [3.05, 3.63) is 53.4 Å². The van der Waals surface area contributed by atoms with Crippen LogP contribution in [0.25, 0.3) is 12.2 Å². The number of hydrogen-bond donors (Lipinski definition) is 1. The fourth-order valence-corrected chi connectivity index (χ4v) is 1.67. The molecule has 2 aromatic heterocycles. The first-order chi connectivity index (χ1) is 9.86. The molecule has 0 unspecified atom stereocenters. The van der Waals surface area contributed by atoms with Crippen LogP contribution in [0.5, 0.6) is 0 Å². The van der Waals surface area contributed by atoms with Gasteiger partial charge in [0.25, 0.3) is 0 Å². The topological polar surface area (TPSA) is 76.0 Å². The minimum Gasteiger partial charge on any atom is -0.478 e. The van der Waals surface area contributed by atoms with Gasteiger partial charge in [-0.3, -0.25) is 4.98 Å². The van der Waals surface area contributed by atoms with Gasteiger partial charge in [-0.2, -0.15) is 0 Å². The summed E-state index contributed by atoms with van der Waals surface area (Å²) in [6.45, 7) is 6.16. The Bertz CT molecular complexity index is 671. The number of rotatable bonds is 3. The van der Waals surface area contributed by atoms with Crippen LogP contribution in [0.2, 0.25) is 0 Å². The molecule has 0 amide bonds. The molecule has 0 spiro atoms. The maximum atomic E-state index is 10.9. The molecule has 0 aromatic carbocycles. The van der Waals surface area contributed by atoms with Crippen molar-refractivity contribution in [3.63, 3.8) is 0 Å². The van der Waals surface area contributed by atoms with E-state index in [1.165, 1.54) is 18.3 Å². The molecule has 0 saturated carbocycles. The minimum atomic E-state index is -0.968. The van der Waals surface area contributed by atoms with Crippen LogP contribution in [0.3, 0.4) is 0 Å². The number of hydrogen-bond acceptors (Lipinski definition) is 4. The Morgan fingerprint density at radius 2 is 1.81 bits per heavy atom. The number of carbonyl (C=O) groups is 1. The first-order valence-electron chi connectivity index (χ1n) is 6.56. The van der Waals surface area contributed by atoms with E-state index in [1.54, 1.807) is 24.5 Å². The quantitative estimate of drug-likeness (QED) is 0.937. The highest BCUT2D eigenvalue weighted by atomic mass is 16.4. The molecule has 0 aliphatic heterocycles. The van der Waals surface area contributed by atoms with Crippen LogP contribution in [0.15, 0.2) is 30.7 Å². The summed E-state index contributed by atoms with van der Waals surface area (Å²) in [5.74, 6) is -0.185. The van der Waals surface area contributed by atoms with Crippen molar-refractivity contribution in [2.24, 2.45) is 0 Å². The monoisotopic (exact) mass is 283 g/mol. The van der Waals surface area contributed by atoms with E-state index < -0.39 is 5.97 Å². The van der Waals surface area contributed by atoms with Gasteiger partial charge in [0, 0.05) is 29.6 Å². The van der Waals surface area contributed by atoms with Crippen molar-refractivity contribution in [2.75, 3.05) is 0 Å². The Morgan fingerprint density at radius 1 is 1.14 bits per heavy atom. The van der Waals surface area contributed by atoms with Crippen LogP contribution < -0.4 is 0 Å². The van der Waals surface area contributed by atoms with E-state index in [4.69, 9.17) is 5.11 Å². The molecule has 0 fully saturated rings. The number of carboxylic acids is 1. The van der Waals surface area contributed by atoms with Gasteiger partial charge < -0.3 is 5.11 Å². The van der Waals surface area contributed by atoms with Crippen LogP contribution in [0.4, 0.5) is 0 Å². The summed E-state index contributed by atoms with van der Waals surface area (Å²) in [7, 11) is 0. The van der Waals surface area contributed by atoms with E-state index >= 15 is 0 Å². The molecular weight excluding hydrogens is 266 g/mol. The first kappa shape index (κ1) is 14.8. The molecule has 5 nitrogen and oxygen atoms in total. The summed E-state index contributed by atoms with van der Waals surface area (Å²) in [6, 6.07) is 2.98. The molecule has 0 radical (unpaired) electrons. The molecule has 21 heavy (non-hydrogen) atoms. The molecule has 0 atom stereocenters. The number of aromatic nitrogens is 3. The lowest BCUT2D eigenvalue weighted by atomic mass is 9.96. The predicted molar refractivity (Wildman–Crippen MR) is 80.9 cm³/mol. The molecular formula is C16H17N3O2. The third kappa shape index (κ3) is 3.95. The van der Waals surface area contributed by atoms with Crippen LogP contribution in [0.1, 0.15) is 48.2 Å². The van der Waals surface area contributed by atoms with Crippen LogP contribution in [-0.2, 0) is 5.41 Å². The van der Waals surface area contributed by atoms with Crippen molar-refractivity contribution < 1.29 is 9.90 Å². The zero-order valence-electron chi connectivity index (χ0n) is 12.2. The highest BCUT2D eigenvalue weighted by molar-refractivity contribution is 5.88.